The molecule has 2 nitrogen and oxygen atoms in total. The van der Waals surface area contributed by atoms with Crippen LogP contribution in [0.2, 0.25) is 18.1 Å². The van der Waals surface area contributed by atoms with Gasteiger partial charge in [0.05, 0.1) is 16.8 Å². The van der Waals surface area contributed by atoms with E-state index in [0.717, 1.165) is 21.5 Å². The molecule has 136 valence electrons. The second-order valence-corrected chi connectivity index (χ2v) is 14.5. The van der Waals surface area contributed by atoms with Gasteiger partial charge in [0.25, 0.3) is 0 Å². The maximum atomic E-state index is 6.74. The summed E-state index contributed by atoms with van der Waals surface area (Å²) in [6.45, 7) is 18.0. The molecule has 0 saturated heterocycles. The minimum atomic E-state index is -1.81. The van der Waals surface area contributed by atoms with Crippen LogP contribution in [0.5, 0.6) is 0 Å². The van der Waals surface area contributed by atoms with Gasteiger partial charge in [-0.05, 0) is 57.0 Å². The first kappa shape index (κ1) is 22.1. The number of rotatable bonds is 7. The quantitative estimate of drug-likeness (QED) is 0.182. The molecule has 24 heavy (non-hydrogen) atoms. The molecule has 0 fully saturated rings. The first-order valence-corrected chi connectivity index (χ1v) is 13.8. The predicted octanol–water partition coefficient (Wildman–Crippen LogP) is 7.02. The van der Waals surface area contributed by atoms with E-state index in [9.17, 15) is 0 Å². The van der Waals surface area contributed by atoms with E-state index < -0.39 is 8.32 Å². The van der Waals surface area contributed by atoms with Gasteiger partial charge in [-0.2, -0.15) is 0 Å². The van der Waals surface area contributed by atoms with Crippen molar-refractivity contribution in [2.45, 2.75) is 72.2 Å². The molecule has 5 heteroatoms. The van der Waals surface area contributed by atoms with Gasteiger partial charge >= 0.3 is 0 Å². The Morgan fingerprint density at radius 2 is 2.00 bits per heavy atom. The maximum absolute atomic E-state index is 6.74. The fourth-order valence-corrected chi connectivity index (χ4v) is 4.22. The lowest BCUT2D eigenvalue weighted by Gasteiger charge is -2.39. The van der Waals surface area contributed by atoms with Crippen LogP contribution in [0.4, 0.5) is 0 Å². The number of nitrogens with zero attached hydrogens (tertiary/aromatic N) is 1. The van der Waals surface area contributed by atoms with Gasteiger partial charge < -0.3 is 4.43 Å². The zero-order valence-corrected chi connectivity index (χ0v) is 20.3. The monoisotopic (exact) mass is 477 g/mol. The van der Waals surface area contributed by atoms with Crippen LogP contribution in [0, 0.1) is 6.92 Å². The highest BCUT2D eigenvalue weighted by Crippen LogP contribution is 2.38. The lowest BCUT2D eigenvalue weighted by molar-refractivity contribution is 0.217. The SMILES string of the molecule is C/C(=C/C[C@H](O[Si](C)(C)C(C)(C)C)/C(C)=C/c1csc(C)n1)CI. The Kier molecular flexibility index (Phi) is 8.36. The Morgan fingerprint density at radius 3 is 2.46 bits per heavy atom. The first-order chi connectivity index (χ1) is 11.0. The van der Waals surface area contributed by atoms with Crippen molar-refractivity contribution in [3.05, 3.63) is 33.3 Å². The number of aryl methyl sites for hydroxylation is 1. The van der Waals surface area contributed by atoms with E-state index in [4.69, 9.17) is 4.43 Å². The van der Waals surface area contributed by atoms with Crippen LogP contribution in [-0.4, -0.2) is 23.8 Å². The van der Waals surface area contributed by atoms with Crippen molar-refractivity contribution >= 4 is 48.3 Å². The number of hydrogen-bond donors (Lipinski definition) is 0. The summed E-state index contributed by atoms with van der Waals surface area (Å²) in [6, 6.07) is 0. The lowest BCUT2D eigenvalue weighted by Crippen LogP contribution is -2.44. The Bertz CT molecular complexity index is 599. The molecule has 1 aromatic rings. The van der Waals surface area contributed by atoms with Crippen LogP contribution < -0.4 is 0 Å². The van der Waals surface area contributed by atoms with Crippen molar-refractivity contribution in [1.82, 2.24) is 4.98 Å². The van der Waals surface area contributed by atoms with E-state index in [-0.39, 0.29) is 11.1 Å². The van der Waals surface area contributed by atoms with E-state index in [1.54, 1.807) is 11.3 Å². The van der Waals surface area contributed by atoms with E-state index in [1.807, 2.05) is 6.92 Å². The zero-order valence-electron chi connectivity index (χ0n) is 16.4. The highest BCUT2D eigenvalue weighted by molar-refractivity contribution is 14.1. The average Bonchev–Trinajstić information content (AvgIpc) is 2.86. The number of halogens is 1. The average molecular weight is 478 g/mol. The van der Waals surface area contributed by atoms with Gasteiger partial charge in [-0.15, -0.1) is 11.3 Å². The summed E-state index contributed by atoms with van der Waals surface area (Å²) in [5.74, 6) is 0. The summed E-state index contributed by atoms with van der Waals surface area (Å²) >= 11 is 4.11. The lowest BCUT2D eigenvalue weighted by atomic mass is 10.1. The molecule has 1 aromatic heterocycles. The topological polar surface area (TPSA) is 22.1 Å². The second kappa shape index (κ2) is 9.10. The summed E-state index contributed by atoms with van der Waals surface area (Å²) in [5.41, 5.74) is 3.73. The number of alkyl halides is 1. The molecule has 0 aromatic carbocycles. The molecule has 0 unspecified atom stereocenters. The second-order valence-electron chi connectivity index (χ2n) is 7.97. The van der Waals surface area contributed by atoms with Crippen molar-refractivity contribution in [3.8, 4) is 0 Å². The number of aromatic nitrogens is 1. The van der Waals surface area contributed by atoms with Crippen LogP contribution in [0.3, 0.4) is 0 Å². The molecule has 0 aliphatic heterocycles. The Hall–Kier alpha value is 0.0169. The molecule has 0 N–H and O–H groups in total. The third-order valence-corrected chi connectivity index (χ3v) is 11.1. The summed E-state index contributed by atoms with van der Waals surface area (Å²) in [7, 11) is -1.81. The van der Waals surface area contributed by atoms with Crippen molar-refractivity contribution in [3.63, 3.8) is 0 Å². The van der Waals surface area contributed by atoms with Gasteiger partial charge in [-0.25, -0.2) is 4.98 Å². The number of allylic oxidation sites excluding steroid dienone is 1. The molecule has 1 rings (SSSR count). The van der Waals surface area contributed by atoms with Gasteiger partial charge in [-0.1, -0.05) is 55.0 Å². The van der Waals surface area contributed by atoms with Gasteiger partial charge in [0.15, 0.2) is 8.32 Å². The molecule has 0 aliphatic rings. The predicted molar refractivity (Wildman–Crippen MR) is 120 cm³/mol. The molecular formula is C19H32INOSSi. The van der Waals surface area contributed by atoms with Crippen molar-refractivity contribution in [1.29, 1.82) is 0 Å². The molecule has 0 bridgehead atoms. The van der Waals surface area contributed by atoms with Gasteiger partial charge in [-0.3, -0.25) is 0 Å². The van der Waals surface area contributed by atoms with Crippen LogP contribution >= 0.6 is 33.9 Å². The first-order valence-electron chi connectivity index (χ1n) is 8.46. The third-order valence-electron chi connectivity index (χ3n) is 4.65. The van der Waals surface area contributed by atoms with Gasteiger partial charge in [0.2, 0.25) is 0 Å². The van der Waals surface area contributed by atoms with Gasteiger partial charge in [0.1, 0.15) is 0 Å². The maximum Gasteiger partial charge on any atom is 0.192 e. The minimum Gasteiger partial charge on any atom is -0.410 e. The van der Waals surface area contributed by atoms with Gasteiger partial charge in [0, 0.05) is 9.81 Å². The fourth-order valence-electron chi connectivity index (χ4n) is 1.99. The highest BCUT2D eigenvalue weighted by atomic mass is 127. The van der Waals surface area contributed by atoms with E-state index in [0.29, 0.717) is 0 Å². The Labute approximate surface area is 167 Å². The minimum absolute atomic E-state index is 0.130. The summed E-state index contributed by atoms with van der Waals surface area (Å²) in [6.07, 6.45) is 5.58. The smallest absolute Gasteiger partial charge is 0.192 e. The molecule has 0 saturated carbocycles. The largest absolute Gasteiger partial charge is 0.410 e. The van der Waals surface area contributed by atoms with E-state index in [2.05, 4.69) is 92.8 Å². The number of thiazole rings is 1. The van der Waals surface area contributed by atoms with Crippen LogP contribution in [-0.2, 0) is 4.43 Å². The molecule has 0 aliphatic carbocycles. The standard InChI is InChI=1S/C19H32INOSSi/c1-14(12-20)9-10-18(22-24(7,8)19(4,5)6)15(2)11-17-13-23-16(3)21-17/h9,11,13,18H,10,12H2,1-8H3/b14-9-,15-11+/t18-/m0/s1. The Morgan fingerprint density at radius 1 is 1.38 bits per heavy atom. The summed E-state index contributed by atoms with van der Waals surface area (Å²) in [5, 5.41) is 3.44. The molecular weight excluding hydrogens is 445 g/mol. The third kappa shape index (κ3) is 6.73. The zero-order chi connectivity index (χ0) is 18.5. The molecule has 1 atom stereocenters. The number of hydrogen-bond acceptors (Lipinski definition) is 3. The van der Waals surface area contributed by atoms with E-state index in [1.165, 1.54) is 11.1 Å². The highest BCUT2D eigenvalue weighted by Gasteiger charge is 2.39. The van der Waals surface area contributed by atoms with Crippen molar-refractivity contribution in [2.24, 2.45) is 0 Å². The molecule has 0 amide bonds. The van der Waals surface area contributed by atoms with Crippen LogP contribution in [0.1, 0.15) is 51.7 Å². The summed E-state index contributed by atoms with van der Waals surface area (Å²) < 4.78 is 7.81. The molecule has 1 heterocycles. The van der Waals surface area contributed by atoms with Crippen LogP contribution in [0.15, 0.2) is 22.6 Å². The molecule has 0 spiro atoms. The summed E-state index contributed by atoms with van der Waals surface area (Å²) in [4.78, 5) is 4.57. The van der Waals surface area contributed by atoms with E-state index >= 15 is 0 Å². The van der Waals surface area contributed by atoms with Crippen molar-refractivity contribution < 1.29 is 4.43 Å². The Balaban J connectivity index is 3.06. The van der Waals surface area contributed by atoms with Crippen molar-refractivity contribution in [2.75, 3.05) is 4.43 Å². The normalized spacial score (nSPS) is 15.7. The van der Waals surface area contributed by atoms with Crippen LogP contribution in [0.25, 0.3) is 6.08 Å². The fraction of sp³-hybridized carbons (Fsp3) is 0.632. The molecule has 0 radical (unpaired) electrons.